The molecule has 1 aromatic carbocycles. The van der Waals surface area contributed by atoms with E-state index in [0.29, 0.717) is 23.5 Å². The van der Waals surface area contributed by atoms with Crippen LogP contribution in [0.25, 0.3) is 0 Å². The van der Waals surface area contributed by atoms with Gasteiger partial charge in [0.15, 0.2) is 12.4 Å². The number of anilines is 1. The maximum Gasteiger partial charge on any atom is 0.303 e. The number of carboxylic acids is 1. The summed E-state index contributed by atoms with van der Waals surface area (Å²) in [6.07, 6.45) is 8.53. The second-order valence-electron chi connectivity index (χ2n) is 8.14. The molecule has 0 saturated heterocycles. The Hall–Kier alpha value is -2.90. The third-order valence-corrected chi connectivity index (χ3v) is 5.51. The van der Waals surface area contributed by atoms with E-state index in [1.54, 1.807) is 18.2 Å². The van der Waals surface area contributed by atoms with Gasteiger partial charge in [0.25, 0.3) is 5.91 Å². The molecular weight excluding hydrogens is 412 g/mol. The highest BCUT2D eigenvalue weighted by Gasteiger charge is 2.26. The number of Topliss-reactive ketones (excluding diaryl/α,β-unsaturated/α-hetero) is 1. The van der Waals surface area contributed by atoms with Crippen LogP contribution in [0.5, 0.6) is 5.75 Å². The van der Waals surface area contributed by atoms with Gasteiger partial charge in [-0.1, -0.05) is 38.5 Å². The molecule has 176 valence electrons. The number of fused-ring (bicyclic) bond motifs is 1. The van der Waals surface area contributed by atoms with Crippen LogP contribution in [-0.2, 0) is 14.4 Å². The van der Waals surface area contributed by atoms with Gasteiger partial charge in [0.2, 0.25) is 5.91 Å². The molecule has 32 heavy (non-hydrogen) atoms. The van der Waals surface area contributed by atoms with Gasteiger partial charge in [0, 0.05) is 31.5 Å². The molecule has 0 atom stereocenters. The summed E-state index contributed by atoms with van der Waals surface area (Å²) >= 11 is 0. The first-order chi connectivity index (χ1) is 15.4. The number of carbonyl (C=O) groups is 4. The van der Waals surface area contributed by atoms with E-state index >= 15 is 0 Å². The van der Waals surface area contributed by atoms with Crippen molar-refractivity contribution in [2.24, 2.45) is 0 Å². The number of benzene rings is 1. The molecule has 0 saturated carbocycles. The molecule has 0 fully saturated rings. The molecule has 1 heterocycles. The predicted octanol–water partition coefficient (Wildman–Crippen LogP) is 3.72. The van der Waals surface area contributed by atoms with Crippen molar-refractivity contribution in [3.05, 3.63) is 23.8 Å². The first-order valence-corrected chi connectivity index (χ1v) is 11.4. The van der Waals surface area contributed by atoms with Crippen molar-refractivity contribution in [2.45, 2.75) is 71.1 Å². The van der Waals surface area contributed by atoms with Crippen LogP contribution < -0.4 is 15.0 Å². The Kier molecular flexibility index (Phi) is 10.7. The van der Waals surface area contributed by atoms with Gasteiger partial charge >= 0.3 is 5.97 Å². The Morgan fingerprint density at radius 1 is 1.00 bits per heavy atom. The lowest BCUT2D eigenvalue weighted by atomic mass is 10.1. The number of hydrogen-bond donors (Lipinski definition) is 2. The monoisotopic (exact) mass is 446 g/mol. The molecule has 8 nitrogen and oxygen atoms in total. The fourth-order valence-corrected chi connectivity index (χ4v) is 3.66. The highest BCUT2D eigenvalue weighted by atomic mass is 16.5. The SMILES string of the molecule is CC(=O)c1ccc2c(c1)N(CCC(=O)NCCCCCCCCCCC(=O)O)C(=O)CO2. The Labute approximate surface area is 189 Å². The summed E-state index contributed by atoms with van der Waals surface area (Å²) in [5.74, 6) is -0.616. The van der Waals surface area contributed by atoms with Crippen LogP contribution >= 0.6 is 0 Å². The van der Waals surface area contributed by atoms with Gasteiger partial charge in [-0.15, -0.1) is 0 Å². The summed E-state index contributed by atoms with van der Waals surface area (Å²) in [6, 6.07) is 4.99. The van der Waals surface area contributed by atoms with Crippen molar-refractivity contribution < 1.29 is 29.0 Å². The molecular formula is C24H34N2O6. The van der Waals surface area contributed by atoms with E-state index in [1.165, 1.54) is 11.8 Å². The quantitative estimate of drug-likeness (QED) is 0.314. The highest BCUT2D eigenvalue weighted by Crippen LogP contribution is 2.33. The van der Waals surface area contributed by atoms with Crippen LogP contribution in [-0.4, -0.2) is 48.4 Å². The van der Waals surface area contributed by atoms with Crippen molar-refractivity contribution in [3.63, 3.8) is 0 Å². The van der Waals surface area contributed by atoms with Crippen molar-refractivity contribution in [1.29, 1.82) is 0 Å². The molecule has 0 aromatic heterocycles. The van der Waals surface area contributed by atoms with E-state index < -0.39 is 5.97 Å². The van der Waals surface area contributed by atoms with Gasteiger partial charge < -0.3 is 20.1 Å². The van der Waals surface area contributed by atoms with E-state index in [1.807, 2.05) is 0 Å². The lowest BCUT2D eigenvalue weighted by Gasteiger charge is -2.29. The minimum atomic E-state index is -0.726. The van der Waals surface area contributed by atoms with Crippen LogP contribution in [0.3, 0.4) is 0 Å². The number of unbranched alkanes of at least 4 members (excludes halogenated alkanes) is 7. The van der Waals surface area contributed by atoms with Gasteiger partial charge in [-0.3, -0.25) is 19.2 Å². The van der Waals surface area contributed by atoms with Gasteiger partial charge in [0.1, 0.15) is 5.75 Å². The Morgan fingerprint density at radius 2 is 1.66 bits per heavy atom. The molecule has 0 unspecified atom stereocenters. The first-order valence-electron chi connectivity index (χ1n) is 11.4. The number of aliphatic carboxylic acids is 1. The number of nitrogens with one attached hydrogen (secondary N) is 1. The van der Waals surface area contributed by atoms with Crippen LogP contribution in [0.4, 0.5) is 5.69 Å². The summed E-state index contributed by atoms with van der Waals surface area (Å²) in [5.41, 5.74) is 1.03. The number of amides is 2. The zero-order valence-corrected chi connectivity index (χ0v) is 18.9. The average Bonchev–Trinajstić information content (AvgIpc) is 2.76. The van der Waals surface area contributed by atoms with Gasteiger partial charge in [0.05, 0.1) is 5.69 Å². The summed E-state index contributed by atoms with van der Waals surface area (Å²) in [7, 11) is 0. The third-order valence-electron chi connectivity index (χ3n) is 5.51. The largest absolute Gasteiger partial charge is 0.482 e. The average molecular weight is 447 g/mol. The Morgan fingerprint density at radius 3 is 2.31 bits per heavy atom. The Balaban J connectivity index is 1.61. The molecule has 0 spiro atoms. The number of hydrogen-bond acceptors (Lipinski definition) is 5. The van der Waals surface area contributed by atoms with Crippen LogP contribution in [0, 0.1) is 0 Å². The van der Waals surface area contributed by atoms with E-state index in [2.05, 4.69) is 5.32 Å². The molecule has 1 aromatic rings. The number of carbonyl (C=O) groups excluding carboxylic acids is 3. The fourth-order valence-electron chi connectivity index (χ4n) is 3.66. The topological polar surface area (TPSA) is 113 Å². The smallest absolute Gasteiger partial charge is 0.303 e. The number of nitrogens with zero attached hydrogens (tertiary/aromatic N) is 1. The summed E-state index contributed by atoms with van der Waals surface area (Å²) < 4.78 is 5.43. The number of rotatable bonds is 15. The lowest BCUT2D eigenvalue weighted by Crippen LogP contribution is -2.41. The van der Waals surface area contributed by atoms with E-state index in [9.17, 15) is 19.2 Å². The standard InChI is InChI=1S/C24H34N2O6/c1-18(27)19-11-12-21-20(16-19)26(23(29)17-32-21)15-13-22(28)25-14-9-7-5-3-2-4-6-8-10-24(30)31/h11-12,16H,2-10,13-15,17H2,1H3,(H,25,28)(H,30,31). The van der Waals surface area contributed by atoms with Gasteiger partial charge in [-0.25, -0.2) is 0 Å². The second kappa shape index (κ2) is 13.5. The molecule has 2 rings (SSSR count). The van der Waals surface area contributed by atoms with Crippen molar-refractivity contribution in [3.8, 4) is 5.75 Å². The van der Waals surface area contributed by atoms with Crippen LogP contribution in [0.1, 0.15) is 81.5 Å². The number of ketones is 1. The highest BCUT2D eigenvalue weighted by molar-refractivity contribution is 6.01. The number of carboxylic acid groups (broad SMARTS) is 1. The van der Waals surface area contributed by atoms with E-state index in [0.717, 1.165) is 51.4 Å². The first kappa shape index (κ1) is 25.4. The van der Waals surface area contributed by atoms with E-state index in [4.69, 9.17) is 9.84 Å². The van der Waals surface area contributed by atoms with Crippen molar-refractivity contribution in [1.82, 2.24) is 5.32 Å². The fraction of sp³-hybridized carbons (Fsp3) is 0.583. The molecule has 1 aliphatic heterocycles. The van der Waals surface area contributed by atoms with Gasteiger partial charge in [-0.2, -0.15) is 0 Å². The maximum atomic E-state index is 12.3. The maximum absolute atomic E-state index is 12.3. The predicted molar refractivity (Wildman–Crippen MR) is 121 cm³/mol. The normalized spacial score (nSPS) is 12.8. The van der Waals surface area contributed by atoms with Crippen LogP contribution in [0.2, 0.25) is 0 Å². The second-order valence-corrected chi connectivity index (χ2v) is 8.14. The zero-order valence-electron chi connectivity index (χ0n) is 18.9. The third kappa shape index (κ3) is 8.69. The van der Waals surface area contributed by atoms with Gasteiger partial charge in [-0.05, 0) is 38.0 Å². The molecule has 2 N–H and O–H groups in total. The van der Waals surface area contributed by atoms with E-state index in [-0.39, 0.29) is 43.6 Å². The van der Waals surface area contributed by atoms with Crippen LogP contribution in [0.15, 0.2) is 18.2 Å². The molecule has 8 heteroatoms. The number of ether oxygens (including phenoxy) is 1. The molecule has 0 bridgehead atoms. The minimum absolute atomic E-state index is 0.0758. The Bertz CT molecular complexity index is 808. The summed E-state index contributed by atoms with van der Waals surface area (Å²) in [5, 5.41) is 11.5. The van der Waals surface area contributed by atoms with Crippen molar-refractivity contribution in [2.75, 3.05) is 24.6 Å². The summed E-state index contributed by atoms with van der Waals surface area (Å²) in [6.45, 7) is 2.24. The minimum Gasteiger partial charge on any atom is -0.482 e. The molecule has 0 aliphatic carbocycles. The molecule has 1 aliphatic rings. The molecule has 0 radical (unpaired) electrons. The zero-order chi connectivity index (χ0) is 23.3. The van der Waals surface area contributed by atoms with Crippen molar-refractivity contribution >= 4 is 29.3 Å². The summed E-state index contributed by atoms with van der Waals surface area (Å²) in [4.78, 5) is 48.1. The lowest BCUT2D eigenvalue weighted by molar-refractivity contribution is -0.137. The molecule has 2 amide bonds.